The first-order valence-corrected chi connectivity index (χ1v) is 8.34. The van der Waals surface area contributed by atoms with Gasteiger partial charge in [-0.05, 0) is 64.8 Å². The van der Waals surface area contributed by atoms with Crippen molar-refractivity contribution in [3.63, 3.8) is 0 Å². The Hall–Kier alpha value is -1.42. The fourth-order valence-electron chi connectivity index (χ4n) is 2.06. The maximum atomic E-state index is 12.0. The molecule has 0 radical (unpaired) electrons. The first-order chi connectivity index (χ1) is 10.2. The normalized spacial score (nSPS) is 11.0. The predicted molar refractivity (Wildman–Crippen MR) is 97.6 cm³/mol. The summed E-state index contributed by atoms with van der Waals surface area (Å²) in [7, 11) is 0. The molecular weight excluding hydrogens is 371 g/mol. The number of unbranched alkanes of at least 4 members (excludes halogenated alkanes) is 1. The summed E-state index contributed by atoms with van der Waals surface area (Å²) in [5, 5.41) is 0. The number of benzene rings is 2. The summed E-state index contributed by atoms with van der Waals surface area (Å²) in [5.41, 5.74) is 3.15. The van der Waals surface area contributed by atoms with Crippen molar-refractivity contribution in [1.82, 2.24) is 0 Å². The molecule has 0 amide bonds. The molecule has 0 saturated carbocycles. The minimum absolute atomic E-state index is 0.0430. The summed E-state index contributed by atoms with van der Waals surface area (Å²) in [6.07, 6.45) is 7.09. The van der Waals surface area contributed by atoms with E-state index in [1.54, 1.807) is 6.08 Å². The second-order valence-electron chi connectivity index (χ2n) is 5.05. The lowest BCUT2D eigenvalue weighted by Gasteiger charge is -2.00. The molecule has 21 heavy (non-hydrogen) atoms. The summed E-state index contributed by atoms with van der Waals surface area (Å²) in [6, 6.07) is 16.1. The zero-order valence-electron chi connectivity index (χ0n) is 12.2. The molecule has 0 atom stereocenters. The molecule has 0 unspecified atom stereocenters. The van der Waals surface area contributed by atoms with Gasteiger partial charge in [-0.3, -0.25) is 4.79 Å². The average Bonchev–Trinajstić information content (AvgIpc) is 2.52. The highest BCUT2D eigenvalue weighted by Crippen LogP contribution is 2.11. The molecule has 2 aromatic carbocycles. The molecule has 0 fully saturated rings. The van der Waals surface area contributed by atoms with Crippen LogP contribution in [0.3, 0.4) is 0 Å². The van der Waals surface area contributed by atoms with E-state index in [2.05, 4.69) is 53.8 Å². The van der Waals surface area contributed by atoms with Crippen LogP contribution in [0.4, 0.5) is 0 Å². The number of carbonyl (C=O) groups is 1. The quantitative estimate of drug-likeness (QED) is 0.360. The molecule has 2 heteroatoms. The van der Waals surface area contributed by atoms with Crippen LogP contribution in [-0.4, -0.2) is 5.78 Å². The van der Waals surface area contributed by atoms with Gasteiger partial charge in [0.1, 0.15) is 0 Å². The van der Waals surface area contributed by atoms with Crippen molar-refractivity contribution in [2.45, 2.75) is 26.2 Å². The molecule has 2 aromatic rings. The van der Waals surface area contributed by atoms with Gasteiger partial charge < -0.3 is 0 Å². The van der Waals surface area contributed by atoms with Crippen LogP contribution < -0.4 is 0 Å². The Labute approximate surface area is 140 Å². The van der Waals surface area contributed by atoms with Gasteiger partial charge in [-0.2, -0.15) is 0 Å². The molecule has 0 N–H and O–H groups in total. The number of allylic oxidation sites excluding steroid dienone is 1. The smallest absolute Gasteiger partial charge is 0.185 e. The van der Waals surface area contributed by atoms with E-state index in [-0.39, 0.29) is 5.78 Å². The van der Waals surface area contributed by atoms with Gasteiger partial charge >= 0.3 is 0 Å². The van der Waals surface area contributed by atoms with E-state index in [0.717, 1.165) is 21.1 Å². The van der Waals surface area contributed by atoms with Crippen molar-refractivity contribution in [2.24, 2.45) is 0 Å². The average molecular weight is 390 g/mol. The Balaban J connectivity index is 2.00. The summed E-state index contributed by atoms with van der Waals surface area (Å²) in [6.45, 7) is 2.20. The molecule has 0 aromatic heterocycles. The van der Waals surface area contributed by atoms with Crippen LogP contribution in [0.25, 0.3) is 6.08 Å². The third kappa shape index (κ3) is 5.12. The third-order valence-electron chi connectivity index (χ3n) is 3.35. The molecule has 0 bridgehead atoms. The summed E-state index contributed by atoms with van der Waals surface area (Å²) < 4.78 is 1.13. The van der Waals surface area contributed by atoms with Crippen LogP contribution >= 0.6 is 22.6 Å². The molecule has 2 rings (SSSR count). The number of ketones is 1. The SMILES string of the molecule is CCCCc1ccc(C=CC(=O)c2ccc(I)cc2)cc1. The number of halogens is 1. The lowest BCUT2D eigenvalue weighted by atomic mass is 10.1. The van der Waals surface area contributed by atoms with Crippen molar-refractivity contribution in [3.8, 4) is 0 Å². The van der Waals surface area contributed by atoms with E-state index in [4.69, 9.17) is 0 Å². The van der Waals surface area contributed by atoms with E-state index in [9.17, 15) is 4.79 Å². The molecule has 0 heterocycles. The van der Waals surface area contributed by atoms with Crippen LogP contribution in [0.5, 0.6) is 0 Å². The van der Waals surface area contributed by atoms with E-state index in [0.29, 0.717) is 0 Å². The maximum absolute atomic E-state index is 12.0. The first kappa shape index (κ1) is 16.0. The van der Waals surface area contributed by atoms with Crippen LogP contribution in [0.1, 0.15) is 41.3 Å². The largest absolute Gasteiger partial charge is 0.289 e. The molecular formula is C19H19IO. The second-order valence-corrected chi connectivity index (χ2v) is 6.30. The monoisotopic (exact) mass is 390 g/mol. The number of rotatable bonds is 6. The Kier molecular flexibility index (Phi) is 6.18. The summed E-state index contributed by atoms with van der Waals surface area (Å²) >= 11 is 2.23. The maximum Gasteiger partial charge on any atom is 0.185 e. The first-order valence-electron chi connectivity index (χ1n) is 7.26. The van der Waals surface area contributed by atoms with E-state index in [1.807, 2.05) is 30.3 Å². The van der Waals surface area contributed by atoms with Crippen molar-refractivity contribution in [3.05, 3.63) is 74.9 Å². The molecule has 0 spiro atoms. The molecule has 1 nitrogen and oxygen atoms in total. The Morgan fingerprint density at radius 3 is 2.33 bits per heavy atom. The van der Waals surface area contributed by atoms with Gasteiger partial charge in [0.15, 0.2) is 5.78 Å². The Morgan fingerprint density at radius 1 is 1.05 bits per heavy atom. The summed E-state index contributed by atoms with van der Waals surface area (Å²) in [4.78, 5) is 12.0. The highest BCUT2D eigenvalue weighted by atomic mass is 127. The van der Waals surface area contributed by atoms with E-state index < -0.39 is 0 Å². The minimum atomic E-state index is 0.0430. The van der Waals surface area contributed by atoms with Crippen LogP contribution in [-0.2, 0) is 6.42 Å². The second kappa shape index (κ2) is 8.13. The lowest BCUT2D eigenvalue weighted by molar-refractivity contribution is 0.104. The highest BCUT2D eigenvalue weighted by molar-refractivity contribution is 14.1. The van der Waals surface area contributed by atoms with Crippen molar-refractivity contribution < 1.29 is 4.79 Å². The van der Waals surface area contributed by atoms with Gasteiger partial charge in [0, 0.05) is 9.13 Å². The van der Waals surface area contributed by atoms with Gasteiger partial charge in [0.2, 0.25) is 0 Å². The number of carbonyl (C=O) groups excluding carboxylic acids is 1. The zero-order valence-corrected chi connectivity index (χ0v) is 14.3. The van der Waals surface area contributed by atoms with E-state index >= 15 is 0 Å². The fourth-order valence-corrected chi connectivity index (χ4v) is 2.42. The van der Waals surface area contributed by atoms with Gasteiger partial charge in [0.05, 0.1) is 0 Å². The zero-order chi connectivity index (χ0) is 15.1. The molecule has 0 aliphatic heterocycles. The number of aryl methyl sites for hydroxylation is 1. The van der Waals surface area contributed by atoms with Crippen LogP contribution in [0, 0.1) is 3.57 Å². The standard InChI is InChI=1S/C19H19IO/c1-2-3-4-15-5-7-16(8-6-15)9-14-19(21)17-10-12-18(20)13-11-17/h5-14H,2-4H2,1H3. The number of hydrogen-bond donors (Lipinski definition) is 0. The topological polar surface area (TPSA) is 17.1 Å². The minimum Gasteiger partial charge on any atom is -0.289 e. The molecule has 0 saturated heterocycles. The fraction of sp³-hybridized carbons (Fsp3) is 0.211. The van der Waals surface area contributed by atoms with Crippen LogP contribution in [0.15, 0.2) is 54.6 Å². The van der Waals surface area contributed by atoms with Gasteiger partial charge in [0.25, 0.3) is 0 Å². The molecule has 108 valence electrons. The van der Waals surface area contributed by atoms with Crippen LogP contribution in [0.2, 0.25) is 0 Å². The Morgan fingerprint density at radius 2 is 1.71 bits per heavy atom. The van der Waals surface area contributed by atoms with Gasteiger partial charge in [-0.15, -0.1) is 0 Å². The Bertz CT molecular complexity index is 609. The lowest BCUT2D eigenvalue weighted by Crippen LogP contribution is -1.93. The van der Waals surface area contributed by atoms with Crippen molar-refractivity contribution >= 4 is 34.5 Å². The van der Waals surface area contributed by atoms with Crippen molar-refractivity contribution in [2.75, 3.05) is 0 Å². The predicted octanol–water partition coefficient (Wildman–Crippen LogP) is 5.53. The van der Waals surface area contributed by atoms with E-state index in [1.165, 1.54) is 18.4 Å². The number of hydrogen-bond acceptors (Lipinski definition) is 1. The van der Waals surface area contributed by atoms with Crippen molar-refractivity contribution in [1.29, 1.82) is 0 Å². The molecule has 0 aliphatic rings. The van der Waals surface area contributed by atoms with Gasteiger partial charge in [-0.1, -0.05) is 55.8 Å². The van der Waals surface area contributed by atoms with Gasteiger partial charge in [-0.25, -0.2) is 0 Å². The summed E-state index contributed by atoms with van der Waals surface area (Å²) in [5.74, 6) is 0.0430. The molecule has 0 aliphatic carbocycles. The highest BCUT2D eigenvalue weighted by Gasteiger charge is 2.00. The third-order valence-corrected chi connectivity index (χ3v) is 4.07.